The Kier molecular flexibility index (Phi) is 5.86. The third-order valence-corrected chi connectivity index (χ3v) is 4.66. The molecular formula is C14H8Br2Cl2N2O2. The topological polar surface area (TPSA) is 58.2 Å². The van der Waals surface area contributed by atoms with Crippen molar-refractivity contribution in [3.63, 3.8) is 0 Å². The van der Waals surface area contributed by atoms with Gasteiger partial charge in [0.05, 0.1) is 15.6 Å². The van der Waals surface area contributed by atoms with E-state index in [2.05, 4.69) is 42.5 Å². The lowest BCUT2D eigenvalue weighted by Gasteiger charge is -2.09. The molecule has 2 aromatic rings. The van der Waals surface area contributed by atoms with Gasteiger partial charge in [0.1, 0.15) is 0 Å². The molecule has 8 heteroatoms. The number of benzene rings is 2. The maximum atomic E-state index is 12.1. The number of nitrogens with one attached hydrogen (secondary N) is 2. The van der Waals surface area contributed by atoms with Crippen LogP contribution < -0.4 is 10.6 Å². The first-order valence-electron chi connectivity index (χ1n) is 5.90. The molecule has 0 atom stereocenters. The van der Waals surface area contributed by atoms with Gasteiger partial charge in [-0.3, -0.25) is 10.1 Å². The van der Waals surface area contributed by atoms with Crippen molar-refractivity contribution in [1.82, 2.24) is 5.32 Å². The van der Waals surface area contributed by atoms with Crippen molar-refractivity contribution in [2.24, 2.45) is 0 Å². The quantitative estimate of drug-likeness (QED) is 0.615. The van der Waals surface area contributed by atoms with Crippen LogP contribution in [0.3, 0.4) is 0 Å². The van der Waals surface area contributed by atoms with Crippen LogP contribution in [0.4, 0.5) is 10.5 Å². The largest absolute Gasteiger partial charge is 0.326 e. The monoisotopic (exact) mass is 464 g/mol. The fourth-order valence-electron chi connectivity index (χ4n) is 1.62. The van der Waals surface area contributed by atoms with Gasteiger partial charge in [-0.2, -0.15) is 0 Å². The Hall–Kier alpha value is -1.08. The van der Waals surface area contributed by atoms with Crippen LogP contribution >= 0.6 is 55.1 Å². The molecule has 22 heavy (non-hydrogen) atoms. The third kappa shape index (κ3) is 4.23. The zero-order valence-electron chi connectivity index (χ0n) is 10.8. The Morgan fingerprint density at radius 3 is 2.18 bits per heavy atom. The van der Waals surface area contributed by atoms with Crippen LogP contribution in [0.25, 0.3) is 0 Å². The second-order valence-electron chi connectivity index (χ2n) is 4.13. The Labute approximate surface area is 153 Å². The molecule has 0 heterocycles. The average Bonchev–Trinajstić information content (AvgIpc) is 2.42. The van der Waals surface area contributed by atoms with Crippen LogP contribution in [-0.2, 0) is 0 Å². The summed E-state index contributed by atoms with van der Waals surface area (Å²) in [5, 5.41) is 5.42. The minimum atomic E-state index is -0.675. The van der Waals surface area contributed by atoms with Crippen LogP contribution in [0.5, 0.6) is 0 Å². The smallest absolute Gasteiger partial charge is 0.308 e. The number of amides is 3. The number of urea groups is 1. The van der Waals surface area contributed by atoms with Crippen molar-refractivity contribution < 1.29 is 9.59 Å². The maximum absolute atomic E-state index is 12.1. The van der Waals surface area contributed by atoms with Crippen molar-refractivity contribution in [2.75, 3.05) is 5.32 Å². The molecule has 0 fully saturated rings. The molecule has 2 aromatic carbocycles. The molecule has 2 rings (SSSR count). The summed E-state index contributed by atoms with van der Waals surface area (Å²) in [5.74, 6) is -0.545. The molecule has 4 nitrogen and oxygen atoms in total. The van der Waals surface area contributed by atoms with Crippen molar-refractivity contribution in [3.05, 3.63) is 61.0 Å². The van der Waals surface area contributed by atoms with Gasteiger partial charge in [0.2, 0.25) is 0 Å². The Morgan fingerprint density at radius 1 is 0.955 bits per heavy atom. The minimum absolute atomic E-state index is 0.305. The van der Waals surface area contributed by atoms with Gasteiger partial charge < -0.3 is 5.32 Å². The van der Waals surface area contributed by atoms with E-state index in [1.165, 1.54) is 6.07 Å². The van der Waals surface area contributed by atoms with Crippen LogP contribution in [0, 0.1) is 0 Å². The number of anilines is 1. The molecular weight excluding hydrogens is 459 g/mol. The first-order chi connectivity index (χ1) is 10.4. The highest BCUT2D eigenvalue weighted by Gasteiger charge is 2.16. The Balaban J connectivity index is 2.08. The summed E-state index contributed by atoms with van der Waals surface area (Å²) in [4.78, 5) is 24.0. The average molecular weight is 467 g/mol. The Bertz CT molecular complexity index is 733. The molecule has 0 saturated heterocycles. The standard InChI is InChI=1S/C14H8Br2Cl2N2O2/c15-8-2-1-3-9(16)12(8)13(21)20-14(22)19-7-4-5-10(17)11(18)6-7/h1-6H,(H2,19,20,21,22). The molecule has 0 aliphatic carbocycles. The highest BCUT2D eigenvalue weighted by Crippen LogP contribution is 2.26. The van der Waals surface area contributed by atoms with E-state index in [0.717, 1.165) is 0 Å². The summed E-state index contributed by atoms with van der Waals surface area (Å²) in [6.07, 6.45) is 0. The van der Waals surface area contributed by atoms with Gasteiger partial charge in [-0.05, 0) is 62.2 Å². The van der Waals surface area contributed by atoms with Gasteiger partial charge in [0.15, 0.2) is 0 Å². The second kappa shape index (κ2) is 7.46. The van der Waals surface area contributed by atoms with E-state index in [1.54, 1.807) is 30.3 Å². The van der Waals surface area contributed by atoms with Crippen molar-refractivity contribution in [2.45, 2.75) is 0 Å². The van der Waals surface area contributed by atoms with Crippen LogP contribution in [0.15, 0.2) is 45.3 Å². The van der Waals surface area contributed by atoms with Gasteiger partial charge in [0.25, 0.3) is 5.91 Å². The summed E-state index contributed by atoms with van der Waals surface area (Å²) in [7, 11) is 0. The molecule has 0 radical (unpaired) electrons. The Morgan fingerprint density at radius 2 is 1.59 bits per heavy atom. The molecule has 0 unspecified atom stereocenters. The van der Waals surface area contributed by atoms with Crippen molar-refractivity contribution in [3.8, 4) is 0 Å². The summed E-state index contributed by atoms with van der Waals surface area (Å²) in [5.41, 5.74) is 0.748. The number of rotatable bonds is 2. The van der Waals surface area contributed by atoms with Crippen molar-refractivity contribution in [1.29, 1.82) is 0 Å². The number of carbonyl (C=O) groups excluding carboxylic acids is 2. The number of hydrogen-bond acceptors (Lipinski definition) is 2. The predicted molar refractivity (Wildman–Crippen MR) is 94.8 cm³/mol. The molecule has 0 aromatic heterocycles. The molecule has 0 bridgehead atoms. The first kappa shape index (κ1) is 17.3. The predicted octanol–water partition coefficient (Wildman–Crippen LogP) is 5.48. The van der Waals surface area contributed by atoms with Gasteiger partial charge in [-0.25, -0.2) is 4.79 Å². The van der Waals surface area contributed by atoms with E-state index in [-0.39, 0.29) is 0 Å². The fourth-order valence-corrected chi connectivity index (χ4v) is 3.27. The van der Waals surface area contributed by atoms with Crippen molar-refractivity contribution >= 4 is 72.7 Å². The molecule has 114 valence electrons. The SMILES string of the molecule is O=C(NC(=O)c1c(Br)cccc1Br)Nc1ccc(Cl)c(Cl)c1. The lowest BCUT2D eigenvalue weighted by atomic mass is 10.2. The summed E-state index contributed by atoms with van der Waals surface area (Å²) in [6, 6.07) is 9.11. The first-order valence-corrected chi connectivity index (χ1v) is 8.24. The van der Waals surface area contributed by atoms with E-state index in [9.17, 15) is 9.59 Å². The minimum Gasteiger partial charge on any atom is -0.308 e. The highest BCUT2D eigenvalue weighted by atomic mass is 79.9. The lowest BCUT2D eigenvalue weighted by Crippen LogP contribution is -2.34. The van der Waals surface area contributed by atoms with Crippen LogP contribution in [0.2, 0.25) is 10.0 Å². The third-order valence-electron chi connectivity index (χ3n) is 2.59. The second-order valence-corrected chi connectivity index (χ2v) is 6.66. The number of carbonyl (C=O) groups is 2. The molecule has 0 aliphatic rings. The number of hydrogen-bond donors (Lipinski definition) is 2. The van der Waals surface area contributed by atoms with Crippen LogP contribution in [-0.4, -0.2) is 11.9 Å². The fraction of sp³-hybridized carbons (Fsp3) is 0. The van der Waals surface area contributed by atoms with E-state index in [0.29, 0.717) is 30.2 Å². The molecule has 0 spiro atoms. The number of halogens is 4. The van der Waals surface area contributed by atoms with Crippen LogP contribution in [0.1, 0.15) is 10.4 Å². The summed E-state index contributed by atoms with van der Waals surface area (Å²) in [6.45, 7) is 0. The normalized spacial score (nSPS) is 10.2. The summed E-state index contributed by atoms with van der Waals surface area (Å²) < 4.78 is 1.14. The maximum Gasteiger partial charge on any atom is 0.326 e. The molecule has 3 amide bonds. The molecule has 0 saturated carbocycles. The van der Waals surface area contributed by atoms with E-state index >= 15 is 0 Å². The molecule has 2 N–H and O–H groups in total. The zero-order valence-corrected chi connectivity index (χ0v) is 15.5. The highest BCUT2D eigenvalue weighted by molar-refractivity contribution is 9.11. The van der Waals surface area contributed by atoms with Gasteiger partial charge >= 0.3 is 6.03 Å². The van der Waals surface area contributed by atoms with Gasteiger partial charge in [-0.1, -0.05) is 29.3 Å². The zero-order chi connectivity index (χ0) is 16.3. The van der Waals surface area contributed by atoms with Gasteiger partial charge in [-0.15, -0.1) is 0 Å². The van der Waals surface area contributed by atoms with E-state index < -0.39 is 11.9 Å². The molecule has 0 aliphatic heterocycles. The summed E-state index contributed by atoms with van der Waals surface area (Å²) >= 11 is 18.2. The lowest BCUT2D eigenvalue weighted by molar-refractivity contribution is 0.0965. The van der Waals surface area contributed by atoms with E-state index in [1.807, 2.05) is 0 Å². The van der Waals surface area contributed by atoms with Gasteiger partial charge in [0, 0.05) is 14.6 Å². The van der Waals surface area contributed by atoms with E-state index in [4.69, 9.17) is 23.2 Å². The number of imide groups is 1.